The normalized spacial score (nSPS) is 21.7. The smallest absolute Gasteiger partial charge is 0.174 e. The Bertz CT molecular complexity index is 441. The minimum atomic E-state index is 0.109. The van der Waals surface area contributed by atoms with Crippen LogP contribution in [0.2, 0.25) is 0 Å². The zero-order chi connectivity index (χ0) is 14.9. The van der Waals surface area contributed by atoms with Crippen molar-refractivity contribution in [3.05, 3.63) is 29.8 Å². The lowest BCUT2D eigenvalue weighted by molar-refractivity contribution is 0.275. The Labute approximate surface area is 128 Å². The highest BCUT2D eigenvalue weighted by atomic mass is 16.5. The van der Waals surface area contributed by atoms with E-state index >= 15 is 0 Å². The zero-order valence-electron chi connectivity index (χ0n) is 13.0. The molecule has 0 amide bonds. The summed E-state index contributed by atoms with van der Waals surface area (Å²) in [5, 5.41) is 12.0. The van der Waals surface area contributed by atoms with E-state index in [0.717, 1.165) is 30.7 Å². The monoisotopic (exact) mass is 286 g/mol. The maximum absolute atomic E-state index is 8.46. The van der Waals surface area contributed by atoms with Gasteiger partial charge < -0.3 is 10.1 Å². The summed E-state index contributed by atoms with van der Waals surface area (Å²) in [6, 6.07) is 9.94. The third-order valence-corrected chi connectivity index (χ3v) is 4.42. The van der Waals surface area contributed by atoms with Crippen LogP contribution in [0.25, 0.3) is 0 Å². The van der Waals surface area contributed by atoms with Crippen LogP contribution in [0.4, 0.5) is 0 Å². The summed E-state index contributed by atoms with van der Waals surface area (Å²) in [6.45, 7) is 4.49. The molecule has 3 heteroatoms. The van der Waals surface area contributed by atoms with Crippen LogP contribution in [0.15, 0.2) is 24.3 Å². The lowest BCUT2D eigenvalue weighted by atomic mass is 9.81. The van der Waals surface area contributed by atoms with Crippen LogP contribution in [-0.4, -0.2) is 13.2 Å². The van der Waals surface area contributed by atoms with Gasteiger partial charge in [0.15, 0.2) is 6.61 Å². The van der Waals surface area contributed by atoms with Gasteiger partial charge in [-0.05, 0) is 42.5 Å². The molecule has 0 aromatic heterocycles. The molecule has 114 valence electrons. The molecule has 0 unspecified atom stereocenters. The fourth-order valence-corrected chi connectivity index (χ4v) is 2.98. The minimum absolute atomic E-state index is 0.109. The van der Waals surface area contributed by atoms with E-state index in [1.807, 2.05) is 18.2 Å². The Morgan fingerprint density at radius 2 is 1.90 bits per heavy atom. The van der Waals surface area contributed by atoms with Gasteiger partial charge in [-0.3, -0.25) is 0 Å². The quantitative estimate of drug-likeness (QED) is 0.773. The zero-order valence-corrected chi connectivity index (χ0v) is 13.0. The number of benzene rings is 1. The summed E-state index contributed by atoms with van der Waals surface area (Å²) in [5.74, 6) is 2.63. The molecule has 0 aliphatic heterocycles. The molecular formula is C18H26N2O. The second kappa shape index (κ2) is 8.69. The van der Waals surface area contributed by atoms with Crippen molar-refractivity contribution >= 4 is 0 Å². The number of ether oxygens (including phenoxy) is 1. The van der Waals surface area contributed by atoms with Gasteiger partial charge >= 0.3 is 0 Å². The first-order valence-electron chi connectivity index (χ1n) is 8.07. The molecule has 1 saturated carbocycles. The average Bonchev–Trinajstić information content (AvgIpc) is 2.52. The van der Waals surface area contributed by atoms with Crippen molar-refractivity contribution in [3.8, 4) is 11.8 Å². The fourth-order valence-electron chi connectivity index (χ4n) is 2.98. The third-order valence-electron chi connectivity index (χ3n) is 4.42. The minimum Gasteiger partial charge on any atom is -0.479 e. The summed E-state index contributed by atoms with van der Waals surface area (Å²) in [7, 11) is 0. The Morgan fingerprint density at radius 1 is 1.19 bits per heavy atom. The van der Waals surface area contributed by atoms with Gasteiger partial charge in [-0.2, -0.15) is 5.26 Å². The van der Waals surface area contributed by atoms with Crippen molar-refractivity contribution in [1.29, 1.82) is 5.26 Å². The molecule has 21 heavy (non-hydrogen) atoms. The molecule has 1 fully saturated rings. The van der Waals surface area contributed by atoms with Crippen molar-refractivity contribution in [2.75, 3.05) is 13.2 Å². The van der Waals surface area contributed by atoms with E-state index in [1.54, 1.807) is 0 Å². The molecular weight excluding hydrogens is 260 g/mol. The van der Waals surface area contributed by atoms with Crippen LogP contribution in [0.5, 0.6) is 5.75 Å². The van der Waals surface area contributed by atoms with Crippen LogP contribution in [0, 0.1) is 23.2 Å². The number of nitriles is 1. The first kappa shape index (κ1) is 15.9. The first-order valence-corrected chi connectivity index (χ1v) is 8.07. The van der Waals surface area contributed by atoms with Gasteiger partial charge in [-0.1, -0.05) is 44.7 Å². The SMILES string of the molecule is CC1CCC(CCNCc2ccc(OCC#N)cc2)CC1. The fraction of sp³-hybridized carbons (Fsp3) is 0.611. The number of hydrogen-bond donors (Lipinski definition) is 1. The van der Waals surface area contributed by atoms with E-state index in [0.29, 0.717) is 0 Å². The molecule has 3 nitrogen and oxygen atoms in total. The van der Waals surface area contributed by atoms with Gasteiger partial charge in [0, 0.05) is 6.54 Å². The molecule has 0 radical (unpaired) electrons. The topological polar surface area (TPSA) is 45.0 Å². The molecule has 1 N–H and O–H groups in total. The maximum atomic E-state index is 8.46. The summed E-state index contributed by atoms with van der Waals surface area (Å²) >= 11 is 0. The van der Waals surface area contributed by atoms with Crippen LogP contribution in [-0.2, 0) is 6.54 Å². The van der Waals surface area contributed by atoms with Gasteiger partial charge in [-0.25, -0.2) is 0 Å². The first-order chi connectivity index (χ1) is 10.3. The second-order valence-electron chi connectivity index (χ2n) is 6.18. The number of rotatable bonds is 7. The molecule has 1 aliphatic rings. The molecule has 1 aromatic carbocycles. The highest BCUT2D eigenvalue weighted by Gasteiger charge is 2.17. The van der Waals surface area contributed by atoms with Crippen molar-refractivity contribution < 1.29 is 4.74 Å². The highest BCUT2D eigenvalue weighted by molar-refractivity contribution is 5.27. The lowest BCUT2D eigenvalue weighted by Gasteiger charge is -2.26. The number of hydrogen-bond acceptors (Lipinski definition) is 3. The van der Waals surface area contributed by atoms with Crippen molar-refractivity contribution in [2.45, 2.75) is 45.6 Å². The van der Waals surface area contributed by atoms with Crippen LogP contribution >= 0.6 is 0 Å². The molecule has 0 atom stereocenters. The van der Waals surface area contributed by atoms with E-state index in [-0.39, 0.29) is 6.61 Å². The van der Waals surface area contributed by atoms with Gasteiger partial charge in [0.2, 0.25) is 0 Å². The van der Waals surface area contributed by atoms with Gasteiger partial charge in [0.1, 0.15) is 11.8 Å². The van der Waals surface area contributed by atoms with E-state index in [4.69, 9.17) is 10.00 Å². The maximum Gasteiger partial charge on any atom is 0.174 e. The van der Waals surface area contributed by atoms with Crippen LogP contribution in [0.3, 0.4) is 0 Å². The van der Waals surface area contributed by atoms with Crippen molar-refractivity contribution in [2.24, 2.45) is 11.8 Å². The van der Waals surface area contributed by atoms with Gasteiger partial charge in [-0.15, -0.1) is 0 Å². The summed E-state index contributed by atoms with van der Waals surface area (Å²) in [4.78, 5) is 0. The van der Waals surface area contributed by atoms with Gasteiger partial charge in [0.25, 0.3) is 0 Å². The van der Waals surface area contributed by atoms with Crippen molar-refractivity contribution in [1.82, 2.24) is 5.32 Å². The number of nitrogens with zero attached hydrogens (tertiary/aromatic N) is 1. The Kier molecular flexibility index (Phi) is 6.56. The van der Waals surface area contributed by atoms with E-state index in [1.165, 1.54) is 37.7 Å². The Hall–Kier alpha value is -1.53. The predicted octanol–water partition coefficient (Wildman–Crippen LogP) is 3.89. The molecule has 0 spiro atoms. The predicted molar refractivity (Wildman–Crippen MR) is 85.0 cm³/mol. The number of nitrogens with one attached hydrogen (secondary N) is 1. The summed E-state index contributed by atoms with van der Waals surface area (Å²) in [5.41, 5.74) is 1.26. The summed E-state index contributed by atoms with van der Waals surface area (Å²) < 4.78 is 5.24. The molecule has 1 aliphatic carbocycles. The van der Waals surface area contributed by atoms with Crippen LogP contribution in [0.1, 0.15) is 44.6 Å². The van der Waals surface area contributed by atoms with E-state index in [2.05, 4.69) is 24.4 Å². The molecule has 0 saturated heterocycles. The Balaban J connectivity index is 1.61. The standard InChI is InChI=1S/C18H26N2O/c1-15-2-4-16(5-3-15)10-12-20-14-17-6-8-18(9-7-17)21-13-11-19/h6-9,15-16,20H,2-5,10,12-14H2,1H3. The second-order valence-corrected chi connectivity index (χ2v) is 6.18. The Morgan fingerprint density at radius 3 is 2.57 bits per heavy atom. The molecule has 0 bridgehead atoms. The summed E-state index contributed by atoms with van der Waals surface area (Å²) in [6.07, 6.45) is 6.95. The van der Waals surface area contributed by atoms with Crippen LogP contribution < -0.4 is 10.1 Å². The highest BCUT2D eigenvalue weighted by Crippen LogP contribution is 2.29. The van der Waals surface area contributed by atoms with E-state index < -0.39 is 0 Å². The third kappa shape index (κ3) is 5.77. The average molecular weight is 286 g/mol. The van der Waals surface area contributed by atoms with E-state index in [9.17, 15) is 0 Å². The lowest BCUT2D eigenvalue weighted by Crippen LogP contribution is -2.20. The molecule has 0 heterocycles. The molecule has 1 aromatic rings. The molecule has 2 rings (SSSR count). The van der Waals surface area contributed by atoms with Crippen molar-refractivity contribution in [3.63, 3.8) is 0 Å². The van der Waals surface area contributed by atoms with Gasteiger partial charge in [0.05, 0.1) is 0 Å². The largest absolute Gasteiger partial charge is 0.479 e.